The largest absolute Gasteiger partial charge is 0.375 e. The van der Waals surface area contributed by atoms with Crippen molar-refractivity contribution in [1.82, 2.24) is 15.0 Å². The van der Waals surface area contributed by atoms with Crippen molar-refractivity contribution in [3.8, 4) is 0 Å². The van der Waals surface area contributed by atoms with Gasteiger partial charge in [-0.1, -0.05) is 11.6 Å². The summed E-state index contributed by atoms with van der Waals surface area (Å²) in [7, 11) is -3.21. The van der Waals surface area contributed by atoms with Crippen LogP contribution >= 0.6 is 11.6 Å². The second-order valence-electron chi connectivity index (χ2n) is 7.96. The molecule has 1 saturated heterocycles. The summed E-state index contributed by atoms with van der Waals surface area (Å²) in [5.41, 5.74) is 0.755. The maximum Gasteiger partial charge on any atom is 0.225 e. The highest BCUT2D eigenvalue weighted by Crippen LogP contribution is 2.48. The summed E-state index contributed by atoms with van der Waals surface area (Å²) < 4.78 is 28.8. The van der Waals surface area contributed by atoms with E-state index in [0.29, 0.717) is 17.5 Å². The average molecular weight is 437 g/mol. The Hall–Kier alpha value is -1.77. The van der Waals surface area contributed by atoms with E-state index in [1.54, 1.807) is 24.5 Å². The Morgan fingerprint density at radius 3 is 2.48 bits per heavy atom. The highest BCUT2D eigenvalue weighted by molar-refractivity contribution is 7.90. The lowest BCUT2D eigenvalue weighted by Gasteiger charge is -2.32. The quantitative estimate of drug-likeness (QED) is 0.659. The van der Waals surface area contributed by atoms with E-state index < -0.39 is 9.84 Å². The second kappa shape index (κ2) is 8.53. The summed E-state index contributed by atoms with van der Waals surface area (Å²) in [6.07, 6.45) is 9.40. The maximum atomic E-state index is 11.5. The van der Waals surface area contributed by atoms with Gasteiger partial charge < -0.3 is 9.64 Å². The standard InChI is InChI=1S/C20H25ClN4O3S/c1-29(26,27)18-3-2-17(22-11-18)13-28-12-15-8-19(15)14-4-6-25(7-5-14)20-23-9-16(21)10-24-20/h2-3,9-11,14-15,19H,4-8,12-13H2,1H3/t15-,19+/m0/s1. The van der Waals surface area contributed by atoms with Crippen LogP contribution in [0.5, 0.6) is 0 Å². The number of sulfone groups is 1. The van der Waals surface area contributed by atoms with Gasteiger partial charge in [0.25, 0.3) is 0 Å². The number of rotatable bonds is 7. The minimum atomic E-state index is -3.21. The van der Waals surface area contributed by atoms with Crippen LogP contribution in [0.25, 0.3) is 0 Å². The van der Waals surface area contributed by atoms with Crippen molar-refractivity contribution in [2.45, 2.75) is 30.8 Å². The molecular formula is C20H25ClN4O3S. The van der Waals surface area contributed by atoms with Gasteiger partial charge in [0, 0.05) is 25.5 Å². The molecule has 0 radical (unpaired) electrons. The van der Waals surface area contributed by atoms with Gasteiger partial charge in [-0.15, -0.1) is 0 Å². The summed E-state index contributed by atoms with van der Waals surface area (Å²) >= 11 is 5.86. The summed E-state index contributed by atoms with van der Waals surface area (Å²) in [5, 5.41) is 0.561. The lowest BCUT2D eigenvalue weighted by atomic mass is 9.91. The van der Waals surface area contributed by atoms with Gasteiger partial charge in [-0.05, 0) is 49.1 Å². The zero-order valence-electron chi connectivity index (χ0n) is 16.4. The van der Waals surface area contributed by atoms with Crippen molar-refractivity contribution >= 4 is 27.4 Å². The summed E-state index contributed by atoms with van der Waals surface area (Å²) in [6.45, 7) is 3.11. The van der Waals surface area contributed by atoms with E-state index in [0.717, 1.165) is 56.0 Å². The lowest BCUT2D eigenvalue weighted by molar-refractivity contribution is 0.102. The Balaban J connectivity index is 1.18. The molecule has 9 heteroatoms. The van der Waals surface area contributed by atoms with E-state index in [4.69, 9.17) is 16.3 Å². The molecule has 0 aromatic carbocycles. The number of hydrogen-bond donors (Lipinski definition) is 0. The molecule has 4 rings (SSSR count). The van der Waals surface area contributed by atoms with Crippen molar-refractivity contribution < 1.29 is 13.2 Å². The van der Waals surface area contributed by atoms with Gasteiger partial charge >= 0.3 is 0 Å². The third-order valence-electron chi connectivity index (χ3n) is 5.82. The Morgan fingerprint density at radius 1 is 1.14 bits per heavy atom. The average Bonchev–Trinajstić information content (AvgIpc) is 3.48. The van der Waals surface area contributed by atoms with Gasteiger partial charge in [0.1, 0.15) is 0 Å². The molecular weight excluding hydrogens is 412 g/mol. The van der Waals surface area contributed by atoms with Crippen LogP contribution in [0.4, 0.5) is 5.95 Å². The van der Waals surface area contributed by atoms with E-state index >= 15 is 0 Å². The molecule has 2 atom stereocenters. The molecule has 0 unspecified atom stereocenters. The minimum absolute atomic E-state index is 0.235. The smallest absolute Gasteiger partial charge is 0.225 e. The highest BCUT2D eigenvalue weighted by atomic mass is 35.5. The highest BCUT2D eigenvalue weighted by Gasteiger charge is 2.43. The molecule has 2 aliphatic rings. The van der Waals surface area contributed by atoms with Crippen LogP contribution in [0.15, 0.2) is 35.6 Å². The molecule has 3 heterocycles. The third kappa shape index (κ3) is 5.24. The van der Waals surface area contributed by atoms with E-state index in [2.05, 4.69) is 19.9 Å². The number of pyridine rings is 1. The molecule has 0 amide bonds. The molecule has 2 aromatic rings. The second-order valence-corrected chi connectivity index (χ2v) is 10.4. The summed E-state index contributed by atoms with van der Waals surface area (Å²) in [4.78, 5) is 15.3. The fraction of sp³-hybridized carbons (Fsp3) is 0.550. The Labute approximate surface area is 176 Å². The Bertz CT molecular complexity index is 929. The fourth-order valence-electron chi connectivity index (χ4n) is 4.07. The number of ether oxygens (including phenoxy) is 1. The van der Waals surface area contributed by atoms with Gasteiger partial charge in [0.15, 0.2) is 9.84 Å². The van der Waals surface area contributed by atoms with Gasteiger partial charge in [-0.2, -0.15) is 0 Å². The maximum absolute atomic E-state index is 11.5. The Kier molecular flexibility index (Phi) is 6.03. The summed E-state index contributed by atoms with van der Waals surface area (Å²) in [6, 6.07) is 3.30. The van der Waals surface area contributed by atoms with Crippen LogP contribution in [-0.4, -0.2) is 49.3 Å². The van der Waals surface area contributed by atoms with Crippen LogP contribution < -0.4 is 4.90 Å². The monoisotopic (exact) mass is 436 g/mol. The molecule has 0 N–H and O–H groups in total. The van der Waals surface area contributed by atoms with E-state index in [1.165, 1.54) is 18.9 Å². The molecule has 0 spiro atoms. The Morgan fingerprint density at radius 2 is 1.86 bits per heavy atom. The third-order valence-corrected chi connectivity index (χ3v) is 7.11. The minimum Gasteiger partial charge on any atom is -0.375 e. The predicted octanol–water partition coefficient (Wildman–Crippen LogP) is 3.00. The van der Waals surface area contributed by atoms with Crippen molar-refractivity contribution in [3.63, 3.8) is 0 Å². The summed E-state index contributed by atoms with van der Waals surface area (Å²) in [5.74, 6) is 2.86. The number of piperidine rings is 1. The first-order valence-corrected chi connectivity index (χ1v) is 12.1. The fourth-order valence-corrected chi connectivity index (χ4v) is 4.72. The first-order valence-electron chi connectivity index (χ1n) is 9.85. The molecule has 2 aromatic heterocycles. The van der Waals surface area contributed by atoms with Crippen LogP contribution in [0, 0.1) is 17.8 Å². The number of anilines is 1. The van der Waals surface area contributed by atoms with E-state index in [1.807, 2.05) is 0 Å². The van der Waals surface area contributed by atoms with Crippen LogP contribution in [0.2, 0.25) is 5.02 Å². The molecule has 7 nitrogen and oxygen atoms in total. The van der Waals surface area contributed by atoms with E-state index in [-0.39, 0.29) is 4.90 Å². The van der Waals surface area contributed by atoms with Crippen LogP contribution in [0.1, 0.15) is 25.0 Å². The van der Waals surface area contributed by atoms with Gasteiger partial charge in [0.05, 0.1) is 41.2 Å². The van der Waals surface area contributed by atoms with Crippen LogP contribution in [-0.2, 0) is 21.2 Å². The topological polar surface area (TPSA) is 85.3 Å². The zero-order chi connectivity index (χ0) is 20.4. The molecule has 2 fully saturated rings. The van der Waals surface area contributed by atoms with Crippen molar-refractivity contribution in [1.29, 1.82) is 0 Å². The number of halogens is 1. The number of nitrogens with zero attached hydrogens (tertiary/aromatic N) is 4. The zero-order valence-corrected chi connectivity index (χ0v) is 17.9. The van der Waals surface area contributed by atoms with Gasteiger partial charge in [-0.25, -0.2) is 18.4 Å². The molecule has 1 aliphatic carbocycles. The van der Waals surface area contributed by atoms with Gasteiger partial charge in [-0.3, -0.25) is 4.98 Å². The first-order chi connectivity index (χ1) is 13.9. The number of hydrogen-bond acceptors (Lipinski definition) is 7. The lowest BCUT2D eigenvalue weighted by Crippen LogP contribution is -2.35. The predicted molar refractivity (Wildman–Crippen MR) is 111 cm³/mol. The van der Waals surface area contributed by atoms with Crippen molar-refractivity contribution in [3.05, 3.63) is 41.4 Å². The SMILES string of the molecule is CS(=O)(=O)c1ccc(COC[C@@H]2C[C@@H]2C2CCN(c3ncc(Cl)cn3)CC2)nc1. The first kappa shape index (κ1) is 20.5. The molecule has 29 heavy (non-hydrogen) atoms. The molecule has 1 saturated carbocycles. The van der Waals surface area contributed by atoms with E-state index in [9.17, 15) is 8.42 Å². The number of aromatic nitrogens is 3. The van der Waals surface area contributed by atoms with Crippen LogP contribution in [0.3, 0.4) is 0 Å². The molecule has 0 bridgehead atoms. The molecule has 1 aliphatic heterocycles. The molecule has 156 valence electrons. The van der Waals surface area contributed by atoms with Crippen molar-refractivity contribution in [2.75, 3.05) is 30.9 Å². The normalized spacial score (nSPS) is 22.6. The van der Waals surface area contributed by atoms with Crippen molar-refractivity contribution in [2.24, 2.45) is 17.8 Å². The van der Waals surface area contributed by atoms with Gasteiger partial charge in [0.2, 0.25) is 5.95 Å².